The van der Waals surface area contributed by atoms with Gasteiger partial charge in [-0.1, -0.05) is 13.3 Å². The molecule has 1 aromatic heterocycles. The third-order valence-electron chi connectivity index (χ3n) is 4.41. The number of fused-ring (bicyclic) bond motifs is 1. The van der Waals surface area contributed by atoms with Crippen molar-refractivity contribution in [3.63, 3.8) is 0 Å². The van der Waals surface area contributed by atoms with Gasteiger partial charge in [0, 0.05) is 22.6 Å². The number of carbonyl (C=O) groups excluding carboxylic acids is 1. The number of nitrogens with one attached hydrogen (secondary N) is 1. The Hall–Kier alpha value is -2.76. The summed E-state index contributed by atoms with van der Waals surface area (Å²) in [5.41, 5.74) is 4.08. The molecular weight excluding hydrogens is 334 g/mol. The van der Waals surface area contributed by atoms with E-state index in [0.29, 0.717) is 24.2 Å². The first-order valence-corrected chi connectivity index (χ1v) is 8.57. The lowest BCUT2D eigenvalue weighted by Gasteiger charge is -2.14. The summed E-state index contributed by atoms with van der Waals surface area (Å²) in [5.74, 6) is -0.834. The standard InChI is InChI=1S/C20H25NO5/c1-6-7-16(20(23)24)21-17(22)8-11(2)14-9-15-12(3)10-26-19(15)13(4)18(14)25-5/h8-10,16H,6-7H2,1-5H3,(H,21,22)(H,23,24)/b11-8+. The fourth-order valence-corrected chi connectivity index (χ4v) is 3.03. The highest BCUT2D eigenvalue weighted by atomic mass is 16.5. The van der Waals surface area contributed by atoms with Gasteiger partial charge in [0.25, 0.3) is 0 Å². The monoisotopic (exact) mass is 359 g/mol. The van der Waals surface area contributed by atoms with Gasteiger partial charge in [-0.15, -0.1) is 0 Å². The van der Waals surface area contributed by atoms with Gasteiger partial charge in [-0.2, -0.15) is 0 Å². The van der Waals surface area contributed by atoms with Gasteiger partial charge in [0.05, 0.1) is 13.4 Å². The summed E-state index contributed by atoms with van der Waals surface area (Å²) in [6, 6.07) is 1.04. The Kier molecular flexibility index (Phi) is 6.08. The average molecular weight is 359 g/mol. The molecule has 1 atom stereocenters. The Bertz CT molecular complexity index is 863. The van der Waals surface area contributed by atoms with Crippen molar-refractivity contribution in [3.05, 3.63) is 35.1 Å². The molecule has 0 bridgehead atoms. The lowest BCUT2D eigenvalue weighted by molar-refractivity contribution is -0.141. The smallest absolute Gasteiger partial charge is 0.326 e. The van der Waals surface area contributed by atoms with Gasteiger partial charge in [-0.3, -0.25) is 4.79 Å². The minimum atomic E-state index is -1.03. The highest BCUT2D eigenvalue weighted by Crippen LogP contribution is 2.37. The second-order valence-electron chi connectivity index (χ2n) is 6.39. The Labute approximate surface area is 152 Å². The predicted octanol–water partition coefficient (Wildman–Crippen LogP) is 3.83. The van der Waals surface area contributed by atoms with Crippen LogP contribution in [-0.4, -0.2) is 30.1 Å². The summed E-state index contributed by atoms with van der Waals surface area (Å²) in [6.07, 6.45) is 4.15. The molecule has 2 rings (SSSR count). The number of benzene rings is 1. The minimum absolute atomic E-state index is 0.385. The number of carboxylic acid groups (broad SMARTS) is 1. The summed E-state index contributed by atoms with van der Waals surface area (Å²) in [6.45, 7) is 7.53. The maximum Gasteiger partial charge on any atom is 0.326 e. The van der Waals surface area contributed by atoms with Crippen molar-refractivity contribution in [1.29, 1.82) is 0 Å². The number of carbonyl (C=O) groups is 2. The summed E-state index contributed by atoms with van der Waals surface area (Å²) < 4.78 is 11.1. The van der Waals surface area contributed by atoms with Crippen LogP contribution in [0.2, 0.25) is 0 Å². The topological polar surface area (TPSA) is 88.8 Å². The third kappa shape index (κ3) is 3.90. The fourth-order valence-electron chi connectivity index (χ4n) is 3.03. The van der Waals surface area contributed by atoms with Crippen LogP contribution >= 0.6 is 0 Å². The van der Waals surface area contributed by atoms with Crippen molar-refractivity contribution in [2.24, 2.45) is 0 Å². The number of furan rings is 1. The Morgan fingerprint density at radius 3 is 2.65 bits per heavy atom. The van der Waals surface area contributed by atoms with Crippen molar-refractivity contribution in [1.82, 2.24) is 5.32 Å². The number of hydrogen-bond donors (Lipinski definition) is 2. The van der Waals surface area contributed by atoms with Crippen LogP contribution in [0.25, 0.3) is 16.5 Å². The molecule has 0 aliphatic carbocycles. The molecule has 1 unspecified atom stereocenters. The van der Waals surface area contributed by atoms with Crippen LogP contribution in [0.5, 0.6) is 5.75 Å². The molecule has 0 aliphatic heterocycles. The molecule has 26 heavy (non-hydrogen) atoms. The number of allylic oxidation sites excluding steroid dienone is 1. The lowest BCUT2D eigenvalue weighted by Crippen LogP contribution is -2.39. The maximum absolute atomic E-state index is 12.3. The highest BCUT2D eigenvalue weighted by Gasteiger charge is 2.19. The molecule has 6 heteroatoms. The second-order valence-corrected chi connectivity index (χ2v) is 6.39. The summed E-state index contributed by atoms with van der Waals surface area (Å²) in [4.78, 5) is 23.5. The van der Waals surface area contributed by atoms with Gasteiger partial charge < -0.3 is 19.6 Å². The first-order chi connectivity index (χ1) is 12.3. The predicted molar refractivity (Wildman–Crippen MR) is 100 cm³/mol. The van der Waals surface area contributed by atoms with Gasteiger partial charge in [0.1, 0.15) is 17.4 Å². The zero-order valence-corrected chi connectivity index (χ0v) is 15.8. The van der Waals surface area contributed by atoms with Crippen LogP contribution in [0.3, 0.4) is 0 Å². The molecule has 0 saturated heterocycles. The van der Waals surface area contributed by atoms with Gasteiger partial charge in [0.2, 0.25) is 5.91 Å². The molecule has 0 aliphatic rings. The molecule has 1 aromatic carbocycles. The van der Waals surface area contributed by atoms with Crippen molar-refractivity contribution in [3.8, 4) is 5.75 Å². The molecule has 140 valence electrons. The molecule has 1 amide bonds. The van der Waals surface area contributed by atoms with Crippen molar-refractivity contribution < 1.29 is 23.8 Å². The zero-order valence-electron chi connectivity index (χ0n) is 15.8. The van der Waals surface area contributed by atoms with E-state index in [1.54, 1.807) is 20.3 Å². The van der Waals surface area contributed by atoms with E-state index in [1.807, 2.05) is 26.8 Å². The Morgan fingerprint density at radius 2 is 2.08 bits per heavy atom. The largest absolute Gasteiger partial charge is 0.496 e. The van der Waals surface area contributed by atoms with E-state index in [-0.39, 0.29) is 0 Å². The van der Waals surface area contributed by atoms with Crippen LogP contribution in [0.4, 0.5) is 0 Å². The van der Waals surface area contributed by atoms with E-state index in [4.69, 9.17) is 9.15 Å². The molecule has 1 heterocycles. The Morgan fingerprint density at radius 1 is 1.38 bits per heavy atom. The Balaban J connectivity index is 2.40. The molecule has 0 spiro atoms. The van der Waals surface area contributed by atoms with Crippen LogP contribution in [0.15, 0.2) is 22.8 Å². The van der Waals surface area contributed by atoms with Crippen LogP contribution < -0.4 is 10.1 Å². The quantitative estimate of drug-likeness (QED) is 0.734. The van der Waals surface area contributed by atoms with E-state index >= 15 is 0 Å². The summed E-state index contributed by atoms with van der Waals surface area (Å²) >= 11 is 0. The third-order valence-corrected chi connectivity index (χ3v) is 4.41. The number of amides is 1. The van der Waals surface area contributed by atoms with E-state index < -0.39 is 17.9 Å². The highest BCUT2D eigenvalue weighted by molar-refractivity contribution is 5.99. The van der Waals surface area contributed by atoms with Gasteiger partial charge in [0.15, 0.2) is 0 Å². The van der Waals surface area contributed by atoms with Gasteiger partial charge in [-0.05, 0) is 44.4 Å². The summed E-state index contributed by atoms with van der Waals surface area (Å²) in [5, 5.41) is 12.7. The van der Waals surface area contributed by atoms with Crippen LogP contribution in [-0.2, 0) is 9.59 Å². The van der Waals surface area contributed by atoms with Crippen LogP contribution in [0, 0.1) is 13.8 Å². The number of aliphatic carboxylic acids is 1. The number of ether oxygens (including phenoxy) is 1. The number of rotatable bonds is 7. The first kappa shape index (κ1) is 19.6. The number of aryl methyl sites for hydroxylation is 2. The molecule has 0 fully saturated rings. The number of carboxylic acids is 1. The molecule has 2 aromatic rings. The SMILES string of the molecule is CCCC(NC(=O)/C=C(\C)c1cc2c(C)coc2c(C)c1OC)C(=O)O. The van der Waals surface area contributed by atoms with E-state index in [1.165, 1.54) is 6.08 Å². The molecule has 2 N–H and O–H groups in total. The first-order valence-electron chi connectivity index (χ1n) is 8.57. The van der Waals surface area contributed by atoms with E-state index in [9.17, 15) is 14.7 Å². The van der Waals surface area contributed by atoms with Crippen molar-refractivity contribution in [2.45, 2.75) is 46.6 Å². The average Bonchev–Trinajstić information content (AvgIpc) is 2.95. The maximum atomic E-state index is 12.3. The van der Waals surface area contributed by atoms with Crippen LogP contribution in [0.1, 0.15) is 43.4 Å². The zero-order chi connectivity index (χ0) is 19.4. The van der Waals surface area contributed by atoms with E-state index in [2.05, 4.69) is 5.32 Å². The number of hydrogen-bond acceptors (Lipinski definition) is 4. The van der Waals surface area contributed by atoms with Crippen molar-refractivity contribution in [2.75, 3.05) is 7.11 Å². The van der Waals surface area contributed by atoms with Gasteiger partial charge in [-0.25, -0.2) is 4.79 Å². The number of methoxy groups -OCH3 is 1. The molecular formula is C20H25NO5. The van der Waals surface area contributed by atoms with E-state index in [0.717, 1.165) is 27.7 Å². The normalized spacial score (nSPS) is 12.9. The summed E-state index contributed by atoms with van der Waals surface area (Å²) in [7, 11) is 1.57. The molecule has 0 radical (unpaired) electrons. The van der Waals surface area contributed by atoms with Crippen molar-refractivity contribution >= 4 is 28.4 Å². The minimum Gasteiger partial charge on any atom is -0.496 e. The lowest BCUT2D eigenvalue weighted by atomic mass is 9.98. The fraction of sp³-hybridized carbons (Fsp3) is 0.400. The second kappa shape index (κ2) is 8.08. The van der Waals surface area contributed by atoms with Gasteiger partial charge >= 0.3 is 5.97 Å². The molecule has 6 nitrogen and oxygen atoms in total. The molecule has 0 saturated carbocycles.